The lowest BCUT2D eigenvalue weighted by Gasteiger charge is -2.12. The highest BCUT2D eigenvalue weighted by atomic mass is 19.4. The molecule has 0 bridgehead atoms. The molecule has 0 aliphatic carbocycles. The Kier molecular flexibility index (Phi) is 6.75. The van der Waals surface area contributed by atoms with Gasteiger partial charge in [0.15, 0.2) is 5.78 Å². The van der Waals surface area contributed by atoms with Crippen molar-refractivity contribution >= 4 is 27.3 Å². The second-order valence-electron chi connectivity index (χ2n) is 9.98. The zero-order chi connectivity index (χ0) is 31.4. The third-order valence-corrected chi connectivity index (χ3v) is 7.23. The van der Waals surface area contributed by atoms with Gasteiger partial charge < -0.3 is 10.2 Å². The van der Waals surface area contributed by atoms with Crippen LogP contribution in [0.1, 0.15) is 27.0 Å². The summed E-state index contributed by atoms with van der Waals surface area (Å²) in [5.74, 6) is -1.05. The summed E-state index contributed by atoms with van der Waals surface area (Å²) in [5.41, 5.74) is -0.527. The van der Waals surface area contributed by atoms with Crippen LogP contribution in [-0.2, 0) is 12.4 Å². The first kappa shape index (κ1) is 28.7. The van der Waals surface area contributed by atoms with Crippen LogP contribution in [0.4, 0.5) is 26.3 Å². The quantitative estimate of drug-likeness (QED) is 0.155. The number of rotatable bonds is 4. The van der Waals surface area contributed by atoms with E-state index in [0.717, 1.165) is 24.3 Å². The summed E-state index contributed by atoms with van der Waals surface area (Å²) in [6.45, 7) is 0. The number of hydrogen-bond acceptors (Lipinski definition) is 5. The van der Waals surface area contributed by atoms with E-state index >= 15 is 0 Å². The lowest BCUT2D eigenvalue weighted by atomic mass is 9.97. The van der Waals surface area contributed by atoms with Gasteiger partial charge in [0, 0.05) is 45.4 Å². The zero-order valence-electron chi connectivity index (χ0n) is 22.2. The molecule has 0 amide bonds. The van der Waals surface area contributed by atoms with E-state index in [1.165, 1.54) is 73.1 Å². The third kappa shape index (κ3) is 5.17. The topological polar surface area (TPSA) is 83.3 Å². The summed E-state index contributed by atoms with van der Waals surface area (Å²) in [6.07, 6.45) is -6.38. The molecule has 0 unspecified atom stereocenters. The monoisotopic (exact) mass is 604 g/mol. The maximum Gasteiger partial charge on any atom is 0.416 e. The average Bonchev–Trinajstić information content (AvgIpc) is 3.00. The molecule has 0 saturated heterocycles. The molecule has 2 heterocycles. The van der Waals surface area contributed by atoms with Gasteiger partial charge in [0.1, 0.15) is 11.5 Å². The van der Waals surface area contributed by atoms with Crippen molar-refractivity contribution in [2.24, 2.45) is 0 Å². The van der Waals surface area contributed by atoms with Crippen LogP contribution in [0.5, 0.6) is 11.5 Å². The van der Waals surface area contributed by atoms with E-state index in [0.29, 0.717) is 0 Å². The second-order valence-corrected chi connectivity index (χ2v) is 9.98. The van der Waals surface area contributed by atoms with Crippen molar-refractivity contribution in [2.45, 2.75) is 12.4 Å². The minimum absolute atomic E-state index is 0.176. The molecular formula is C33H18F6N2O3. The smallest absolute Gasteiger partial charge is 0.416 e. The van der Waals surface area contributed by atoms with E-state index in [1.54, 1.807) is 0 Å². The maximum atomic E-state index is 13.5. The Morgan fingerprint density at radius 3 is 1.34 bits per heavy atom. The summed E-state index contributed by atoms with van der Waals surface area (Å²) in [6, 6.07) is 17.4. The van der Waals surface area contributed by atoms with Gasteiger partial charge in [-0.3, -0.25) is 14.8 Å². The zero-order valence-corrected chi connectivity index (χ0v) is 22.2. The van der Waals surface area contributed by atoms with E-state index in [-0.39, 0.29) is 66.7 Å². The number of phenolic OH excluding ortho intramolecular Hbond substituents is 2. The Bertz CT molecular complexity index is 1960. The normalized spacial score (nSPS) is 12.1. The molecular weight excluding hydrogens is 586 g/mol. The van der Waals surface area contributed by atoms with Gasteiger partial charge in [-0.05, 0) is 71.4 Å². The Morgan fingerprint density at radius 1 is 0.545 bits per heavy atom. The van der Waals surface area contributed by atoms with Crippen LogP contribution in [-0.4, -0.2) is 26.0 Å². The number of benzene rings is 4. The van der Waals surface area contributed by atoms with Gasteiger partial charge >= 0.3 is 12.4 Å². The van der Waals surface area contributed by atoms with Crippen molar-refractivity contribution in [1.29, 1.82) is 0 Å². The van der Waals surface area contributed by atoms with Crippen LogP contribution in [0.2, 0.25) is 0 Å². The highest BCUT2D eigenvalue weighted by Gasteiger charge is 2.31. The van der Waals surface area contributed by atoms with Crippen LogP contribution in [0.15, 0.2) is 97.3 Å². The number of alkyl halides is 6. The van der Waals surface area contributed by atoms with Crippen molar-refractivity contribution in [3.8, 4) is 34.0 Å². The van der Waals surface area contributed by atoms with E-state index < -0.39 is 29.3 Å². The fraction of sp³-hybridized carbons (Fsp3) is 0.0606. The number of hydrogen-bond donors (Lipinski definition) is 2. The van der Waals surface area contributed by atoms with Gasteiger partial charge in [0.05, 0.1) is 22.5 Å². The number of aromatic hydroxyl groups is 2. The molecule has 0 aliphatic rings. The highest BCUT2D eigenvalue weighted by molar-refractivity contribution is 6.10. The summed E-state index contributed by atoms with van der Waals surface area (Å²) >= 11 is 0. The molecule has 6 aromatic rings. The summed E-state index contributed by atoms with van der Waals surface area (Å²) in [4.78, 5) is 21.9. The van der Waals surface area contributed by atoms with Gasteiger partial charge in [-0.25, -0.2) is 0 Å². The Hall–Kier alpha value is -5.45. The summed E-state index contributed by atoms with van der Waals surface area (Å²) in [5, 5.41) is 22.4. The van der Waals surface area contributed by atoms with Crippen LogP contribution in [0.3, 0.4) is 0 Å². The van der Waals surface area contributed by atoms with Gasteiger partial charge in [0.25, 0.3) is 0 Å². The van der Waals surface area contributed by atoms with Crippen molar-refractivity contribution in [3.63, 3.8) is 0 Å². The molecule has 0 fully saturated rings. The van der Waals surface area contributed by atoms with Gasteiger partial charge in [0.2, 0.25) is 0 Å². The van der Waals surface area contributed by atoms with Crippen molar-refractivity contribution in [1.82, 2.24) is 9.97 Å². The number of ketones is 1. The van der Waals surface area contributed by atoms with Gasteiger partial charge in [-0.1, -0.05) is 24.3 Å². The first-order chi connectivity index (χ1) is 20.8. The standard InChI is InChI=1S/C33H18F6N2O3/c34-32(35,36)21-3-7-23-17(13-21)1-5-25(30(23)43)27-15-19(9-11-40-27)29(42)20-10-12-41-28(16-20)26-6-2-18-14-22(33(37,38)39)4-8-24(18)31(26)44/h1-16,43-44H. The van der Waals surface area contributed by atoms with E-state index in [4.69, 9.17) is 0 Å². The first-order valence-corrected chi connectivity index (χ1v) is 12.9. The largest absolute Gasteiger partial charge is 0.507 e. The van der Waals surface area contributed by atoms with Crippen LogP contribution < -0.4 is 0 Å². The molecule has 5 nitrogen and oxygen atoms in total. The average molecular weight is 605 g/mol. The van der Waals surface area contributed by atoms with Gasteiger partial charge in [-0.2, -0.15) is 26.3 Å². The lowest BCUT2D eigenvalue weighted by Crippen LogP contribution is -2.04. The molecule has 0 atom stereocenters. The molecule has 44 heavy (non-hydrogen) atoms. The van der Waals surface area contributed by atoms with Crippen LogP contribution >= 0.6 is 0 Å². The fourth-order valence-corrected chi connectivity index (χ4v) is 5.00. The number of fused-ring (bicyclic) bond motifs is 2. The Morgan fingerprint density at radius 2 is 0.955 bits per heavy atom. The Labute approximate surface area is 244 Å². The van der Waals surface area contributed by atoms with Gasteiger partial charge in [-0.15, -0.1) is 0 Å². The number of phenols is 2. The SMILES string of the molecule is O=C(c1ccnc(-c2ccc3cc(C(F)(F)F)ccc3c2O)c1)c1ccnc(-c2ccc3cc(C(F)(F)F)ccc3c2O)c1. The highest BCUT2D eigenvalue weighted by Crippen LogP contribution is 2.40. The molecule has 0 spiro atoms. The predicted octanol–water partition coefficient (Wildman–Crippen LogP) is 8.80. The van der Waals surface area contributed by atoms with Crippen molar-refractivity contribution in [3.05, 3.63) is 120 Å². The number of nitrogens with zero attached hydrogens (tertiary/aromatic N) is 2. The number of aromatic nitrogens is 2. The number of pyridine rings is 2. The third-order valence-electron chi connectivity index (χ3n) is 7.23. The van der Waals surface area contributed by atoms with E-state index in [2.05, 4.69) is 9.97 Å². The second kappa shape index (κ2) is 10.4. The minimum atomic E-state index is -4.54. The maximum absolute atomic E-state index is 13.5. The fourth-order valence-electron chi connectivity index (χ4n) is 5.00. The lowest BCUT2D eigenvalue weighted by molar-refractivity contribution is -0.138. The minimum Gasteiger partial charge on any atom is -0.507 e. The van der Waals surface area contributed by atoms with Crippen molar-refractivity contribution in [2.75, 3.05) is 0 Å². The van der Waals surface area contributed by atoms with Crippen LogP contribution in [0.25, 0.3) is 44.1 Å². The number of carbonyl (C=O) groups is 1. The molecule has 0 radical (unpaired) electrons. The molecule has 4 aromatic carbocycles. The molecule has 0 aliphatic heterocycles. The molecule has 2 N–H and O–H groups in total. The van der Waals surface area contributed by atoms with Crippen molar-refractivity contribution < 1.29 is 41.4 Å². The number of halogens is 6. The molecule has 220 valence electrons. The molecule has 6 rings (SSSR count). The molecule has 0 saturated carbocycles. The Balaban J connectivity index is 1.33. The number of carbonyl (C=O) groups excluding carboxylic acids is 1. The molecule has 2 aromatic heterocycles. The summed E-state index contributed by atoms with van der Waals surface area (Å²) in [7, 11) is 0. The van der Waals surface area contributed by atoms with E-state index in [1.807, 2.05) is 0 Å². The molecule has 11 heteroatoms. The van der Waals surface area contributed by atoms with E-state index in [9.17, 15) is 41.4 Å². The summed E-state index contributed by atoms with van der Waals surface area (Å²) < 4.78 is 78.7. The van der Waals surface area contributed by atoms with Crippen LogP contribution in [0, 0.1) is 0 Å². The first-order valence-electron chi connectivity index (χ1n) is 12.9. The predicted molar refractivity (Wildman–Crippen MR) is 151 cm³/mol.